The molecule has 0 bridgehead atoms. The average Bonchev–Trinajstić information content (AvgIpc) is 2.74. The highest BCUT2D eigenvalue weighted by atomic mass is 16.5. The summed E-state index contributed by atoms with van der Waals surface area (Å²) in [6, 6.07) is 25.4. The lowest BCUT2D eigenvalue weighted by Crippen LogP contribution is -2.34. The molecule has 3 aromatic carbocycles. The highest BCUT2D eigenvalue weighted by Gasteiger charge is 2.11. The van der Waals surface area contributed by atoms with Crippen molar-refractivity contribution >= 4 is 5.91 Å². The van der Waals surface area contributed by atoms with Crippen LogP contribution in [0.5, 0.6) is 11.5 Å². The summed E-state index contributed by atoms with van der Waals surface area (Å²) in [5, 5.41) is 3.05. The first-order valence-corrected chi connectivity index (χ1v) is 9.93. The van der Waals surface area contributed by atoms with Crippen molar-refractivity contribution in [3.63, 3.8) is 0 Å². The van der Waals surface area contributed by atoms with E-state index in [1.807, 2.05) is 80.6 Å². The van der Waals surface area contributed by atoms with Crippen molar-refractivity contribution in [3.8, 4) is 11.5 Å². The molecule has 0 saturated carbocycles. The molecule has 0 radical (unpaired) electrons. The van der Waals surface area contributed by atoms with Crippen LogP contribution in [0.4, 0.5) is 0 Å². The normalized spacial score (nSPS) is 11.5. The third-order valence-corrected chi connectivity index (χ3v) is 4.50. The van der Waals surface area contributed by atoms with Gasteiger partial charge in [0.1, 0.15) is 18.1 Å². The van der Waals surface area contributed by atoms with Gasteiger partial charge in [0.15, 0.2) is 0 Å². The molecule has 0 aliphatic heterocycles. The first-order valence-electron chi connectivity index (χ1n) is 9.93. The van der Waals surface area contributed by atoms with E-state index in [2.05, 4.69) is 5.32 Å². The number of amides is 1. The highest BCUT2D eigenvalue weighted by molar-refractivity contribution is 5.94. The summed E-state index contributed by atoms with van der Waals surface area (Å²) in [4.78, 5) is 12.5. The molecular weight excluding hydrogens is 362 g/mol. The first kappa shape index (κ1) is 20.5. The van der Waals surface area contributed by atoms with Gasteiger partial charge in [-0.3, -0.25) is 4.79 Å². The molecule has 1 N–H and O–H groups in total. The fraction of sp³-hybridized carbons (Fsp3) is 0.240. The van der Waals surface area contributed by atoms with Gasteiger partial charge in [-0.1, -0.05) is 48.5 Å². The molecule has 3 rings (SSSR count). The molecule has 0 saturated heterocycles. The average molecular weight is 389 g/mol. The van der Waals surface area contributed by atoms with E-state index in [1.54, 1.807) is 12.1 Å². The van der Waals surface area contributed by atoms with E-state index in [-0.39, 0.29) is 11.9 Å². The summed E-state index contributed by atoms with van der Waals surface area (Å²) in [6.07, 6.45) is 0.746. The zero-order valence-corrected chi connectivity index (χ0v) is 16.9. The van der Waals surface area contributed by atoms with Crippen LogP contribution in [0.1, 0.15) is 35.3 Å². The van der Waals surface area contributed by atoms with Crippen LogP contribution < -0.4 is 14.8 Å². The van der Waals surface area contributed by atoms with Crippen LogP contribution in [0.15, 0.2) is 78.9 Å². The summed E-state index contributed by atoms with van der Waals surface area (Å²) in [5.74, 6) is 1.45. The van der Waals surface area contributed by atoms with Crippen LogP contribution in [0.3, 0.4) is 0 Å². The third kappa shape index (κ3) is 6.39. The zero-order valence-electron chi connectivity index (χ0n) is 16.9. The van der Waals surface area contributed by atoms with Gasteiger partial charge in [0, 0.05) is 11.6 Å². The van der Waals surface area contributed by atoms with Crippen molar-refractivity contribution in [2.75, 3.05) is 6.61 Å². The molecule has 0 aliphatic rings. The van der Waals surface area contributed by atoms with Crippen LogP contribution in [-0.4, -0.2) is 18.6 Å². The minimum absolute atomic E-state index is 0.00865. The molecule has 0 heterocycles. The standard InChI is InChI=1S/C25H27NO3/c1-3-28-24-11-7-10-22(17-24)25(27)26-19(2)16-20-12-14-23(15-13-20)29-18-21-8-5-4-6-9-21/h4-15,17,19H,3,16,18H2,1-2H3,(H,26,27)/t19-/m1/s1. The van der Waals surface area contributed by atoms with Crippen molar-refractivity contribution in [1.82, 2.24) is 5.32 Å². The van der Waals surface area contributed by atoms with E-state index >= 15 is 0 Å². The van der Waals surface area contributed by atoms with Crippen molar-refractivity contribution < 1.29 is 14.3 Å². The van der Waals surface area contributed by atoms with Gasteiger partial charge in [0.2, 0.25) is 0 Å². The van der Waals surface area contributed by atoms with E-state index in [9.17, 15) is 4.79 Å². The molecule has 150 valence electrons. The van der Waals surface area contributed by atoms with Gasteiger partial charge in [-0.15, -0.1) is 0 Å². The van der Waals surface area contributed by atoms with Crippen LogP contribution >= 0.6 is 0 Å². The Bertz CT molecular complexity index is 907. The number of hydrogen-bond acceptors (Lipinski definition) is 3. The summed E-state index contributed by atoms with van der Waals surface area (Å²) in [7, 11) is 0. The molecule has 3 aromatic rings. The molecule has 4 nitrogen and oxygen atoms in total. The van der Waals surface area contributed by atoms with Crippen LogP contribution in [0.2, 0.25) is 0 Å². The molecule has 0 unspecified atom stereocenters. The second-order valence-electron chi connectivity index (χ2n) is 6.96. The van der Waals surface area contributed by atoms with Gasteiger partial charge in [-0.05, 0) is 61.7 Å². The number of carbonyl (C=O) groups is 1. The van der Waals surface area contributed by atoms with E-state index in [1.165, 1.54) is 0 Å². The van der Waals surface area contributed by atoms with E-state index < -0.39 is 0 Å². The fourth-order valence-corrected chi connectivity index (χ4v) is 3.07. The summed E-state index contributed by atoms with van der Waals surface area (Å²) < 4.78 is 11.3. The molecule has 0 spiro atoms. The van der Waals surface area contributed by atoms with Crippen molar-refractivity contribution in [1.29, 1.82) is 0 Å². The molecule has 4 heteroatoms. The molecule has 0 aliphatic carbocycles. The van der Waals surface area contributed by atoms with Gasteiger partial charge in [0.25, 0.3) is 5.91 Å². The molecule has 1 amide bonds. The number of rotatable bonds is 9. The Hall–Kier alpha value is -3.27. The van der Waals surface area contributed by atoms with Gasteiger partial charge in [0.05, 0.1) is 6.61 Å². The maximum Gasteiger partial charge on any atom is 0.251 e. The third-order valence-electron chi connectivity index (χ3n) is 4.50. The molecule has 29 heavy (non-hydrogen) atoms. The fourth-order valence-electron chi connectivity index (χ4n) is 3.07. The molecule has 0 aromatic heterocycles. The predicted molar refractivity (Wildman–Crippen MR) is 115 cm³/mol. The van der Waals surface area contributed by atoms with Gasteiger partial charge in [-0.2, -0.15) is 0 Å². The number of hydrogen-bond donors (Lipinski definition) is 1. The van der Waals surface area contributed by atoms with Crippen LogP contribution in [-0.2, 0) is 13.0 Å². The Labute approximate surface area is 172 Å². The number of nitrogens with one attached hydrogen (secondary N) is 1. The topological polar surface area (TPSA) is 47.6 Å². The first-order chi connectivity index (χ1) is 14.1. The van der Waals surface area contributed by atoms with Crippen LogP contribution in [0.25, 0.3) is 0 Å². The number of benzene rings is 3. The Kier molecular flexibility index (Phi) is 7.28. The molecular formula is C25H27NO3. The zero-order chi connectivity index (χ0) is 20.5. The Morgan fingerprint density at radius 1 is 0.862 bits per heavy atom. The largest absolute Gasteiger partial charge is 0.494 e. The lowest BCUT2D eigenvalue weighted by Gasteiger charge is -2.15. The van der Waals surface area contributed by atoms with E-state index in [4.69, 9.17) is 9.47 Å². The van der Waals surface area contributed by atoms with Gasteiger partial charge in [-0.25, -0.2) is 0 Å². The summed E-state index contributed by atoms with van der Waals surface area (Å²) in [5.41, 5.74) is 2.89. The maximum absolute atomic E-state index is 12.5. The predicted octanol–water partition coefficient (Wildman–Crippen LogP) is 5.03. The Balaban J connectivity index is 1.50. The minimum Gasteiger partial charge on any atom is -0.494 e. The number of carbonyl (C=O) groups excluding carboxylic acids is 1. The van der Waals surface area contributed by atoms with E-state index in [0.29, 0.717) is 24.5 Å². The quantitative estimate of drug-likeness (QED) is 0.559. The second kappa shape index (κ2) is 10.3. The van der Waals surface area contributed by atoms with Gasteiger partial charge < -0.3 is 14.8 Å². The minimum atomic E-state index is -0.0955. The highest BCUT2D eigenvalue weighted by Crippen LogP contribution is 2.16. The summed E-state index contributed by atoms with van der Waals surface area (Å²) in [6.45, 7) is 5.05. The monoisotopic (exact) mass is 389 g/mol. The SMILES string of the molecule is CCOc1cccc(C(=O)N[C@H](C)Cc2ccc(OCc3ccccc3)cc2)c1. The van der Waals surface area contributed by atoms with Crippen molar-refractivity contribution in [2.45, 2.75) is 32.9 Å². The molecule has 1 atom stereocenters. The van der Waals surface area contributed by atoms with Crippen molar-refractivity contribution in [3.05, 3.63) is 95.6 Å². The maximum atomic E-state index is 12.5. The second-order valence-corrected chi connectivity index (χ2v) is 6.96. The summed E-state index contributed by atoms with van der Waals surface area (Å²) >= 11 is 0. The van der Waals surface area contributed by atoms with Crippen LogP contribution in [0, 0.1) is 0 Å². The lowest BCUT2D eigenvalue weighted by atomic mass is 10.1. The molecule has 0 fully saturated rings. The smallest absolute Gasteiger partial charge is 0.251 e. The lowest BCUT2D eigenvalue weighted by molar-refractivity contribution is 0.0939. The van der Waals surface area contributed by atoms with E-state index in [0.717, 1.165) is 23.3 Å². The van der Waals surface area contributed by atoms with Crippen molar-refractivity contribution in [2.24, 2.45) is 0 Å². The Morgan fingerprint density at radius 3 is 2.34 bits per heavy atom. The number of ether oxygens (including phenoxy) is 2. The Morgan fingerprint density at radius 2 is 1.62 bits per heavy atom. The van der Waals surface area contributed by atoms with Gasteiger partial charge >= 0.3 is 0 Å².